The van der Waals surface area contributed by atoms with Gasteiger partial charge in [-0.1, -0.05) is 23.9 Å². The molecule has 0 unspecified atom stereocenters. The van der Waals surface area contributed by atoms with Crippen LogP contribution in [0.25, 0.3) is 0 Å². The Kier molecular flexibility index (Phi) is 6.84. The van der Waals surface area contributed by atoms with Gasteiger partial charge in [0.25, 0.3) is 11.7 Å². The molecular weight excluding hydrogens is 432 g/mol. The number of anilines is 4. The fraction of sp³-hybridized carbons (Fsp3) is 0.261. The predicted molar refractivity (Wildman–Crippen MR) is 124 cm³/mol. The fourth-order valence-electron chi connectivity index (χ4n) is 3.53. The fourth-order valence-corrected chi connectivity index (χ4v) is 4.17. The maximum absolute atomic E-state index is 12.8. The molecule has 0 aliphatic carbocycles. The van der Waals surface area contributed by atoms with Crippen molar-refractivity contribution in [2.75, 3.05) is 28.6 Å². The standard InChI is InChI=1S/C23H23F2N5OS/c1-15-14-20(30-12-4-5-13-30)29-23(26-15)28-17-10-8-16(9-11-17)27-21(31)18-6-2-3-7-19(18)32-22(24)25/h2-3,6-11,14,22H,4-5,12-13H2,1H3,(H,27,31)(H,26,28,29). The number of hydrogen-bond acceptors (Lipinski definition) is 6. The van der Waals surface area contributed by atoms with E-state index in [4.69, 9.17) is 0 Å². The highest BCUT2D eigenvalue weighted by Gasteiger charge is 2.16. The molecule has 1 saturated heterocycles. The van der Waals surface area contributed by atoms with Crippen LogP contribution >= 0.6 is 11.8 Å². The smallest absolute Gasteiger partial charge is 0.288 e. The zero-order valence-corrected chi connectivity index (χ0v) is 18.3. The number of benzene rings is 2. The molecule has 0 spiro atoms. The minimum atomic E-state index is -2.59. The molecule has 3 aromatic rings. The first kappa shape index (κ1) is 22.0. The van der Waals surface area contributed by atoms with Gasteiger partial charge < -0.3 is 15.5 Å². The highest BCUT2D eigenvalue weighted by molar-refractivity contribution is 7.99. The summed E-state index contributed by atoms with van der Waals surface area (Å²) in [7, 11) is 0. The summed E-state index contributed by atoms with van der Waals surface area (Å²) in [6.07, 6.45) is 2.34. The average Bonchev–Trinajstić information content (AvgIpc) is 3.30. The van der Waals surface area contributed by atoms with Crippen molar-refractivity contribution in [2.24, 2.45) is 0 Å². The Morgan fingerprint density at radius 3 is 2.44 bits per heavy atom. The summed E-state index contributed by atoms with van der Waals surface area (Å²) < 4.78 is 25.5. The lowest BCUT2D eigenvalue weighted by atomic mass is 10.2. The molecule has 32 heavy (non-hydrogen) atoms. The van der Waals surface area contributed by atoms with Gasteiger partial charge in [0.05, 0.1) is 5.56 Å². The van der Waals surface area contributed by atoms with Crippen LogP contribution in [0.2, 0.25) is 0 Å². The molecule has 4 rings (SSSR count). The lowest BCUT2D eigenvalue weighted by Crippen LogP contribution is -2.19. The number of rotatable bonds is 7. The molecule has 1 fully saturated rings. The molecule has 166 valence electrons. The Bertz CT molecular complexity index is 1090. The Morgan fingerprint density at radius 2 is 1.72 bits per heavy atom. The van der Waals surface area contributed by atoms with E-state index < -0.39 is 11.7 Å². The van der Waals surface area contributed by atoms with Crippen molar-refractivity contribution in [1.29, 1.82) is 0 Å². The van der Waals surface area contributed by atoms with Gasteiger partial charge in [-0.3, -0.25) is 4.79 Å². The van der Waals surface area contributed by atoms with E-state index in [0.29, 0.717) is 23.4 Å². The molecule has 9 heteroatoms. The maximum Gasteiger partial charge on any atom is 0.288 e. The number of amides is 1. The van der Waals surface area contributed by atoms with E-state index >= 15 is 0 Å². The summed E-state index contributed by atoms with van der Waals surface area (Å²) in [5.41, 5.74) is 2.42. The first-order valence-corrected chi connectivity index (χ1v) is 11.2. The lowest BCUT2D eigenvalue weighted by Gasteiger charge is -2.17. The second-order valence-corrected chi connectivity index (χ2v) is 8.45. The van der Waals surface area contributed by atoms with Gasteiger partial charge in [-0.05, 0) is 56.2 Å². The van der Waals surface area contributed by atoms with Crippen LogP contribution in [0, 0.1) is 6.92 Å². The number of aromatic nitrogens is 2. The Labute approximate surface area is 189 Å². The molecule has 0 radical (unpaired) electrons. The molecule has 2 aromatic carbocycles. The third-order valence-electron chi connectivity index (χ3n) is 5.02. The minimum Gasteiger partial charge on any atom is -0.356 e. The van der Waals surface area contributed by atoms with Gasteiger partial charge >= 0.3 is 0 Å². The third-order valence-corrected chi connectivity index (χ3v) is 5.81. The zero-order chi connectivity index (χ0) is 22.5. The minimum absolute atomic E-state index is 0.211. The molecule has 1 aromatic heterocycles. The SMILES string of the molecule is Cc1cc(N2CCCC2)nc(Nc2ccc(NC(=O)c3ccccc3SC(F)F)cc2)n1. The molecule has 0 saturated carbocycles. The van der Waals surface area contributed by atoms with E-state index in [-0.39, 0.29) is 10.5 Å². The average molecular weight is 456 g/mol. The second kappa shape index (κ2) is 9.95. The zero-order valence-electron chi connectivity index (χ0n) is 17.5. The van der Waals surface area contributed by atoms with Crippen LogP contribution in [0.5, 0.6) is 0 Å². The number of thioether (sulfide) groups is 1. The first-order valence-electron chi connectivity index (χ1n) is 10.3. The summed E-state index contributed by atoms with van der Waals surface area (Å²) in [6.45, 7) is 3.95. The molecule has 1 aliphatic rings. The highest BCUT2D eigenvalue weighted by atomic mass is 32.2. The monoisotopic (exact) mass is 455 g/mol. The van der Waals surface area contributed by atoms with Gasteiger partial charge in [0, 0.05) is 41.1 Å². The van der Waals surface area contributed by atoms with Crippen molar-refractivity contribution >= 4 is 40.8 Å². The second-order valence-electron chi connectivity index (χ2n) is 7.42. The van der Waals surface area contributed by atoms with Crippen molar-refractivity contribution in [2.45, 2.75) is 30.4 Å². The number of carbonyl (C=O) groups excluding carboxylic acids is 1. The van der Waals surface area contributed by atoms with Crippen molar-refractivity contribution in [1.82, 2.24) is 9.97 Å². The number of hydrogen-bond donors (Lipinski definition) is 2. The summed E-state index contributed by atoms with van der Waals surface area (Å²) in [5.74, 6) is -1.60. The van der Waals surface area contributed by atoms with E-state index in [1.165, 1.54) is 25.0 Å². The van der Waals surface area contributed by atoms with Crippen LogP contribution in [0.4, 0.5) is 31.9 Å². The van der Waals surface area contributed by atoms with Crippen LogP contribution in [0.1, 0.15) is 28.9 Å². The van der Waals surface area contributed by atoms with Crippen LogP contribution in [-0.4, -0.2) is 34.7 Å². The number of alkyl halides is 2. The van der Waals surface area contributed by atoms with Crippen LogP contribution in [0.15, 0.2) is 59.5 Å². The Morgan fingerprint density at radius 1 is 1.03 bits per heavy atom. The summed E-state index contributed by atoms with van der Waals surface area (Å²) in [5, 5.41) is 5.96. The molecule has 0 bridgehead atoms. The lowest BCUT2D eigenvalue weighted by molar-refractivity contribution is 0.102. The molecule has 1 amide bonds. The van der Waals surface area contributed by atoms with E-state index in [0.717, 1.165) is 30.3 Å². The summed E-state index contributed by atoms with van der Waals surface area (Å²) >= 11 is 0.357. The van der Waals surface area contributed by atoms with Gasteiger partial charge in [0.1, 0.15) is 5.82 Å². The van der Waals surface area contributed by atoms with E-state index in [9.17, 15) is 13.6 Å². The quantitative estimate of drug-likeness (QED) is 0.446. The van der Waals surface area contributed by atoms with Crippen LogP contribution < -0.4 is 15.5 Å². The van der Waals surface area contributed by atoms with Crippen molar-refractivity contribution in [3.05, 3.63) is 65.9 Å². The molecule has 6 nitrogen and oxygen atoms in total. The number of nitrogens with one attached hydrogen (secondary N) is 2. The van der Waals surface area contributed by atoms with Crippen molar-refractivity contribution < 1.29 is 13.6 Å². The molecule has 1 aliphatic heterocycles. The first-order chi connectivity index (χ1) is 15.5. The van der Waals surface area contributed by atoms with Gasteiger partial charge in [-0.2, -0.15) is 13.8 Å². The van der Waals surface area contributed by atoms with Gasteiger partial charge in [0.15, 0.2) is 0 Å². The molecule has 0 atom stereocenters. The molecule has 2 heterocycles. The highest BCUT2D eigenvalue weighted by Crippen LogP contribution is 2.29. The Hall–Kier alpha value is -3.20. The van der Waals surface area contributed by atoms with E-state index in [1.807, 2.05) is 13.0 Å². The predicted octanol–water partition coefficient (Wildman–Crippen LogP) is 5.70. The van der Waals surface area contributed by atoms with E-state index in [2.05, 4.69) is 25.5 Å². The van der Waals surface area contributed by atoms with Crippen LogP contribution in [-0.2, 0) is 0 Å². The van der Waals surface area contributed by atoms with Gasteiger partial charge in [-0.15, -0.1) is 0 Å². The molecular formula is C23H23F2N5OS. The van der Waals surface area contributed by atoms with Crippen molar-refractivity contribution in [3.63, 3.8) is 0 Å². The topological polar surface area (TPSA) is 70.2 Å². The maximum atomic E-state index is 12.8. The van der Waals surface area contributed by atoms with Gasteiger partial charge in [-0.25, -0.2) is 4.98 Å². The number of aryl methyl sites for hydroxylation is 1. The van der Waals surface area contributed by atoms with Crippen molar-refractivity contribution in [3.8, 4) is 0 Å². The number of nitrogens with zero attached hydrogens (tertiary/aromatic N) is 3. The van der Waals surface area contributed by atoms with Gasteiger partial charge in [0.2, 0.25) is 5.95 Å². The number of halogens is 2. The van der Waals surface area contributed by atoms with E-state index in [1.54, 1.807) is 36.4 Å². The summed E-state index contributed by atoms with van der Waals surface area (Å²) in [4.78, 5) is 24.2. The summed E-state index contributed by atoms with van der Waals surface area (Å²) in [6, 6.07) is 15.4. The number of carbonyl (C=O) groups is 1. The normalized spacial score (nSPS) is 13.4. The Balaban J connectivity index is 1.43. The van der Waals surface area contributed by atoms with Crippen LogP contribution in [0.3, 0.4) is 0 Å². The third kappa shape index (κ3) is 5.53. The molecule has 2 N–H and O–H groups in total. The largest absolute Gasteiger partial charge is 0.356 e.